The Kier molecular flexibility index (Phi) is 5.47. The fourth-order valence-electron chi connectivity index (χ4n) is 2.93. The Bertz CT molecular complexity index is 589. The molecule has 2 heterocycles. The lowest BCUT2D eigenvalue weighted by atomic mass is 10.0. The van der Waals surface area contributed by atoms with Gasteiger partial charge in [0.2, 0.25) is 11.8 Å². The molecule has 128 valence electrons. The average molecular weight is 344 g/mol. The second-order valence-electron chi connectivity index (χ2n) is 6.67. The maximum atomic E-state index is 13.6. The Morgan fingerprint density at radius 1 is 1.57 bits per heavy atom. The van der Waals surface area contributed by atoms with Gasteiger partial charge >= 0.3 is 0 Å². The first-order chi connectivity index (χ1) is 10.7. The highest BCUT2D eigenvalue weighted by atomic mass is 35.5. The maximum Gasteiger partial charge on any atom is 0.237 e. The first kappa shape index (κ1) is 17.9. The molecule has 1 aromatic heterocycles. The third-order valence-electron chi connectivity index (χ3n) is 4.04. The molecule has 0 aliphatic carbocycles. The van der Waals surface area contributed by atoms with E-state index in [0.29, 0.717) is 5.56 Å². The van der Waals surface area contributed by atoms with E-state index >= 15 is 0 Å². The average Bonchev–Trinajstić information content (AvgIpc) is 2.97. The zero-order valence-corrected chi connectivity index (χ0v) is 14.7. The summed E-state index contributed by atoms with van der Waals surface area (Å²) in [4.78, 5) is 18.5. The van der Waals surface area contributed by atoms with Crippen molar-refractivity contribution < 1.29 is 13.9 Å². The number of likely N-dealkylation sites (tertiary alicyclic amines) is 1. The van der Waals surface area contributed by atoms with Crippen LogP contribution in [0.4, 0.5) is 4.39 Å². The van der Waals surface area contributed by atoms with Crippen LogP contribution in [0.1, 0.15) is 39.2 Å². The van der Waals surface area contributed by atoms with E-state index in [1.54, 1.807) is 0 Å². The number of rotatable bonds is 4. The second kappa shape index (κ2) is 7.01. The van der Waals surface area contributed by atoms with Crippen molar-refractivity contribution in [2.75, 3.05) is 13.7 Å². The Balaban J connectivity index is 2.06. The number of hydrogen-bond acceptors (Lipinski definition) is 4. The predicted octanol–water partition coefficient (Wildman–Crippen LogP) is 2.76. The van der Waals surface area contributed by atoms with Gasteiger partial charge in [-0.3, -0.25) is 9.69 Å². The van der Waals surface area contributed by atoms with Gasteiger partial charge in [0.15, 0.2) is 11.0 Å². The molecule has 2 rings (SSSR count). The number of pyridine rings is 1. The molecule has 1 aromatic rings. The summed E-state index contributed by atoms with van der Waals surface area (Å²) in [5.74, 6) is -0.473. The molecule has 5 nitrogen and oxygen atoms in total. The third kappa shape index (κ3) is 4.12. The van der Waals surface area contributed by atoms with E-state index in [0.717, 1.165) is 19.4 Å². The van der Waals surface area contributed by atoms with Gasteiger partial charge < -0.3 is 10.1 Å². The predicted molar refractivity (Wildman–Crippen MR) is 87.1 cm³/mol. The highest BCUT2D eigenvalue weighted by Gasteiger charge is 2.37. The van der Waals surface area contributed by atoms with E-state index in [2.05, 4.69) is 36.0 Å². The number of carbonyl (C=O) groups is 1. The molecule has 0 saturated carbocycles. The summed E-state index contributed by atoms with van der Waals surface area (Å²) < 4.78 is 18.7. The number of nitrogens with one attached hydrogen (secondary N) is 1. The molecule has 0 bridgehead atoms. The molecule has 0 spiro atoms. The van der Waals surface area contributed by atoms with Crippen molar-refractivity contribution in [2.45, 2.75) is 51.7 Å². The maximum absolute atomic E-state index is 13.6. The SMILES string of the molecule is COc1nc(Cl)c(F)cc1CNC(=O)[C@@H]1CCCN1C(C)(C)C. The highest BCUT2D eigenvalue weighted by molar-refractivity contribution is 6.29. The quantitative estimate of drug-likeness (QED) is 0.854. The molecule has 0 unspecified atom stereocenters. The van der Waals surface area contributed by atoms with Crippen LogP contribution < -0.4 is 10.1 Å². The molecule has 1 fully saturated rings. The Labute approximate surface area is 141 Å². The lowest BCUT2D eigenvalue weighted by Crippen LogP contribution is -2.51. The summed E-state index contributed by atoms with van der Waals surface area (Å²) in [7, 11) is 1.43. The summed E-state index contributed by atoms with van der Waals surface area (Å²) in [6, 6.07) is 1.08. The number of aromatic nitrogens is 1. The van der Waals surface area contributed by atoms with Crippen LogP contribution in [-0.2, 0) is 11.3 Å². The van der Waals surface area contributed by atoms with Crippen molar-refractivity contribution in [2.24, 2.45) is 0 Å². The molecule has 7 heteroatoms. The molecule has 1 saturated heterocycles. The lowest BCUT2D eigenvalue weighted by molar-refractivity contribution is -0.127. The van der Waals surface area contributed by atoms with Crippen LogP contribution in [0.25, 0.3) is 0 Å². The fraction of sp³-hybridized carbons (Fsp3) is 0.625. The molecular weight excluding hydrogens is 321 g/mol. The van der Waals surface area contributed by atoms with E-state index in [9.17, 15) is 9.18 Å². The molecule has 0 radical (unpaired) electrons. The molecule has 1 N–H and O–H groups in total. The van der Waals surface area contributed by atoms with Crippen LogP contribution in [0, 0.1) is 5.82 Å². The minimum atomic E-state index is -0.631. The monoisotopic (exact) mass is 343 g/mol. The summed E-state index contributed by atoms with van der Waals surface area (Å²) in [6.07, 6.45) is 1.82. The minimum absolute atomic E-state index is 0.0603. The van der Waals surface area contributed by atoms with Crippen LogP contribution in [0.3, 0.4) is 0 Å². The molecule has 1 aliphatic rings. The van der Waals surface area contributed by atoms with E-state index in [1.807, 2.05) is 0 Å². The smallest absolute Gasteiger partial charge is 0.237 e. The van der Waals surface area contributed by atoms with Crippen molar-refractivity contribution in [1.29, 1.82) is 0 Å². The fourth-order valence-corrected chi connectivity index (χ4v) is 3.07. The largest absolute Gasteiger partial charge is 0.481 e. The Hall–Kier alpha value is -1.40. The summed E-state index contributed by atoms with van der Waals surface area (Å²) >= 11 is 5.64. The molecule has 1 aliphatic heterocycles. The zero-order chi connectivity index (χ0) is 17.2. The number of hydrogen-bond donors (Lipinski definition) is 1. The zero-order valence-electron chi connectivity index (χ0n) is 13.9. The Morgan fingerprint density at radius 3 is 2.87 bits per heavy atom. The van der Waals surface area contributed by atoms with E-state index in [-0.39, 0.29) is 35.1 Å². The van der Waals surface area contributed by atoms with Gasteiger partial charge in [-0.2, -0.15) is 4.98 Å². The molecular formula is C16H23ClFN3O2. The summed E-state index contributed by atoms with van der Waals surface area (Å²) in [5.41, 5.74) is 0.396. The third-order valence-corrected chi connectivity index (χ3v) is 4.30. The van der Waals surface area contributed by atoms with E-state index < -0.39 is 5.82 Å². The van der Waals surface area contributed by atoms with E-state index in [1.165, 1.54) is 13.2 Å². The minimum Gasteiger partial charge on any atom is -0.481 e. The van der Waals surface area contributed by atoms with Gasteiger partial charge in [-0.05, 0) is 46.2 Å². The molecule has 0 aromatic carbocycles. The lowest BCUT2D eigenvalue weighted by Gasteiger charge is -2.36. The van der Waals surface area contributed by atoms with Crippen molar-refractivity contribution in [3.63, 3.8) is 0 Å². The van der Waals surface area contributed by atoms with Gasteiger partial charge in [-0.1, -0.05) is 11.6 Å². The number of carbonyl (C=O) groups excluding carboxylic acids is 1. The van der Waals surface area contributed by atoms with Crippen LogP contribution in [0.5, 0.6) is 5.88 Å². The van der Waals surface area contributed by atoms with E-state index in [4.69, 9.17) is 16.3 Å². The summed E-state index contributed by atoms with van der Waals surface area (Å²) in [5, 5.41) is 2.61. The highest BCUT2D eigenvalue weighted by Crippen LogP contribution is 2.27. The van der Waals surface area contributed by atoms with Gasteiger partial charge in [-0.25, -0.2) is 4.39 Å². The van der Waals surface area contributed by atoms with Gasteiger partial charge in [0.05, 0.1) is 13.2 Å². The number of ether oxygens (including phenoxy) is 1. The van der Waals surface area contributed by atoms with Crippen molar-refractivity contribution in [3.8, 4) is 5.88 Å². The summed E-state index contributed by atoms with van der Waals surface area (Å²) in [6.45, 7) is 7.35. The number of amides is 1. The molecule has 23 heavy (non-hydrogen) atoms. The first-order valence-corrected chi connectivity index (χ1v) is 8.05. The van der Waals surface area contributed by atoms with Gasteiger partial charge in [0.25, 0.3) is 0 Å². The van der Waals surface area contributed by atoms with Gasteiger partial charge in [-0.15, -0.1) is 0 Å². The Morgan fingerprint density at radius 2 is 2.26 bits per heavy atom. The van der Waals surface area contributed by atoms with Crippen molar-refractivity contribution in [3.05, 3.63) is 22.6 Å². The molecule has 1 amide bonds. The topological polar surface area (TPSA) is 54.5 Å². The van der Waals surface area contributed by atoms with Crippen LogP contribution in [0.2, 0.25) is 5.15 Å². The number of halogens is 2. The van der Waals surface area contributed by atoms with Crippen LogP contribution >= 0.6 is 11.6 Å². The normalized spacial score (nSPS) is 19.0. The van der Waals surface area contributed by atoms with Crippen molar-refractivity contribution in [1.82, 2.24) is 15.2 Å². The number of nitrogens with zero attached hydrogens (tertiary/aromatic N) is 2. The van der Waals surface area contributed by atoms with Gasteiger partial charge in [0, 0.05) is 17.6 Å². The second-order valence-corrected chi connectivity index (χ2v) is 7.03. The molecule has 1 atom stereocenters. The number of methoxy groups -OCH3 is 1. The van der Waals surface area contributed by atoms with Crippen molar-refractivity contribution >= 4 is 17.5 Å². The van der Waals surface area contributed by atoms with Gasteiger partial charge in [0.1, 0.15) is 0 Å². The van der Waals surface area contributed by atoms with Crippen LogP contribution in [0.15, 0.2) is 6.07 Å². The standard InChI is InChI=1S/C16H23ClFN3O2/c1-16(2,3)21-7-5-6-12(21)14(22)19-9-10-8-11(18)13(17)20-15(10)23-4/h8,12H,5-7,9H2,1-4H3,(H,19,22)/t12-/m0/s1. The van der Waals surface area contributed by atoms with Crippen LogP contribution in [-0.4, -0.2) is 41.0 Å². The first-order valence-electron chi connectivity index (χ1n) is 7.67.